The third-order valence-corrected chi connectivity index (χ3v) is 5.39. The van der Waals surface area contributed by atoms with E-state index in [1.165, 1.54) is 11.1 Å². The van der Waals surface area contributed by atoms with E-state index in [0.29, 0.717) is 10.9 Å². The van der Waals surface area contributed by atoms with Gasteiger partial charge in [-0.3, -0.25) is 0 Å². The van der Waals surface area contributed by atoms with E-state index >= 15 is 0 Å². The molecule has 0 aliphatic rings. The first-order valence-electron chi connectivity index (χ1n) is 9.82. The van der Waals surface area contributed by atoms with E-state index in [-0.39, 0.29) is 0 Å². The fourth-order valence-electron chi connectivity index (χ4n) is 3.69. The first-order valence-corrected chi connectivity index (χ1v) is 10.2. The number of aryl methyl sites for hydroxylation is 2. The maximum Gasteiger partial charge on any atom is 0.175 e. The molecule has 0 unspecified atom stereocenters. The van der Waals surface area contributed by atoms with Gasteiger partial charge in [0.25, 0.3) is 0 Å². The topological polar surface area (TPSA) is 46.4 Å². The van der Waals surface area contributed by atoms with Gasteiger partial charge in [-0.05, 0) is 48.3 Å². The first kappa shape index (κ1) is 19.3. The monoisotopic (exact) mass is 404 g/mol. The standard InChI is InChI=1S/C24H24N2O2S/c1-4-15-9-8-10-16(5-2)23(15)26-24(29)25-19-14-21-18(13-22(19)27-3)17-11-6-7-12-20(17)28-21/h6-14H,4-5H2,1-3H3,(H2,25,26,29). The Morgan fingerprint density at radius 2 is 1.62 bits per heavy atom. The van der Waals surface area contributed by atoms with Crippen molar-refractivity contribution in [3.63, 3.8) is 0 Å². The van der Waals surface area contributed by atoms with Crippen molar-refractivity contribution >= 4 is 50.6 Å². The number of ether oxygens (including phenoxy) is 1. The number of methoxy groups -OCH3 is 1. The predicted octanol–water partition coefficient (Wildman–Crippen LogP) is 6.53. The van der Waals surface area contributed by atoms with Gasteiger partial charge in [0.1, 0.15) is 16.9 Å². The van der Waals surface area contributed by atoms with Crippen LogP contribution in [0.5, 0.6) is 5.75 Å². The summed E-state index contributed by atoms with van der Waals surface area (Å²) < 4.78 is 11.6. The highest BCUT2D eigenvalue weighted by molar-refractivity contribution is 7.80. The number of nitrogens with one attached hydrogen (secondary N) is 2. The highest BCUT2D eigenvalue weighted by atomic mass is 32.1. The summed E-state index contributed by atoms with van der Waals surface area (Å²) in [6, 6.07) is 18.3. The van der Waals surface area contributed by atoms with Gasteiger partial charge in [0.2, 0.25) is 0 Å². The molecule has 0 fully saturated rings. The summed E-state index contributed by atoms with van der Waals surface area (Å²) in [5.74, 6) is 0.715. The van der Waals surface area contributed by atoms with Crippen LogP contribution in [0.1, 0.15) is 25.0 Å². The van der Waals surface area contributed by atoms with Crippen molar-refractivity contribution in [3.05, 3.63) is 65.7 Å². The highest BCUT2D eigenvalue weighted by Crippen LogP contribution is 2.36. The normalized spacial score (nSPS) is 11.0. The first-order chi connectivity index (χ1) is 14.1. The SMILES string of the molecule is CCc1cccc(CC)c1NC(=S)Nc1cc2oc3ccccc3c2cc1OC. The molecule has 1 heterocycles. The Hall–Kier alpha value is -3.05. The Kier molecular flexibility index (Phi) is 5.41. The molecule has 1 aromatic heterocycles. The van der Waals surface area contributed by atoms with Crippen LogP contribution in [0, 0.1) is 0 Å². The largest absolute Gasteiger partial charge is 0.495 e. The molecule has 0 aliphatic carbocycles. The zero-order valence-electron chi connectivity index (χ0n) is 16.8. The summed E-state index contributed by atoms with van der Waals surface area (Å²) in [6.45, 7) is 4.30. The number of furan rings is 1. The third-order valence-electron chi connectivity index (χ3n) is 5.18. The molecular weight excluding hydrogens is 380 g/mol. The molecule has 0 atom stereocenters. The minimum Gasteiger partial charge on any atom is -0.495 e. The number of hydrogen-bond acceptors (Lipinski definition) is 3. The minimum atomic E-state index is 0.523. The van der Waals surface area contributed by atoms with Crippen molar-refractivity contribution in [2.75, 3.05) is 17.7 Å². The fourth-order valence-corrected chi connectivity index (χ4v) is 3.90. The molecule has 0 saturated carbocycles. The summed E-state index contributed by atoms with van der Waals surface area (Å²) in [7, 11) is 1.66. The molecule has 3 aromatic carbocycles. The summed E-state index contributed by atoms with van der Waals surface area (Å²) >= 11 is 5.62. The van der Waals surface area contributed by atoms with Gasteiger partial charge in [0, 0.05) is 22.5 Å². The number of fused-ring (bicyclic) bond motifs is 3. The predicted molar refractivity (Wildman–Crippen MR) is 125 cm³/mol. The molecule has 5 heteroatoms. The van der Waals surface area contributed by atoms with Crippen LogP contribution in [0.4, 0.5) is 11.4 Å². The second-order valence-corrected chi connectivity index (χ2v) is 7.29. The molecule has 148 valence electrons. The Labute approximate surface area is 175 Å². The summed E-state index contributed by atoms with van der Waals surface area (Å²) in [6.07, 6.45) is 1.88. The van der Waals surface area contributed by atoms with Crippen molar-refractivity contribution in [2.45, 2.75) is 26.7 Å². The van der Waals surface area contributed by atoms with E-state index in [2.05, 4.69) is 42.7 Å². The van der Waals surface area contributed by atoms with Crippen molar-refractivity contribution in [3.8, 4) is 5.75 Å². The molecule has 0 aliphatic heterocycles. The molecule has 0 amide bonds. The van der Waals surface area contributed by atoms with Gasteiger partial charge in [0.15, 0.2) is 5.11 Å². The van der Waals surface area contributed by atoms with Crippen molar-refractivity contribution in [2.24, 2.45) is 0 Å². The van der Waals surface area contributed by atoms with E-state index in [4.69, 9.17) is 21.4 Å². The minimum absolute atomic E-state index is 0.523. The third kappa shape index (κ3) is 3.66. The zero-order chi connectivity index (χ0) is 20.4. The number of rotatable bonds is 5. The van der Waals surface area contributed by atoms with E-state index < -0.39 is 0 Å². The number of anilines is 2. The van der Waals surface area contributed by atoms with Crippen molar-refractivity contribution in [1.82, 2.24) is 0 Å². The van der Waals surface area contributed by atoms with Gasteiger partial charge in [0.05, 0.1) is 12.8 Å². The van der Waals surface area contributed by atoms with Gasteiger partial charge in [-0.15, -0.1) is 0 Å². The van der Waals surface area contributed by atoms with Crippen LogP contribution in [-0.4, -0.2) is 12.2 Å². The lowest BCUT2D eigenvalue weighted by molar-refractivity contribution is 0.417. The molecule has 4 rings (SSSR count). The Balaban J connectivity index is 1.67. The molecule has 0 spiro atoms. The number of benzene rings is 3. The van der Waals surface area contributed by atoms with Gasteiger partial charge in [-0.2, -0.15) is 0 Å². The number of para-hydroxylation sites is 2. The van der Waals surface area contributed by atoms with Gasteiger partial charge in [-0.25, -0.2) is 0 Å². The van der Waals surface area contributed by atoms with E-state index in [1.54, 1.807) is 7.11 Å². The molecule has 0 radical (unpaired) electrons. The van der Waals surface area contributed by atoms with Crippen LogP contribution in [0.25, 0.3) is 21.9 Å². The van der Waals surface area contributed by atoms with Gasteiger partial charge >= 0.3 is 0 Å². The molecule has 4 nitrogen and oxygen atoms in total. The Morgan fingerprint density at radius 3 is 2.31 bits per heavy atom. The average Bonchev–Trinajstić information content (AvgIpc) is 3.10. The summed E-state index contributed by atoms with van der Waals surface area (Å²) in [4.78, 5) is 0. The highest BCUT2D eigenvalue weighted by Gasteiger charge is 2.14. The average molecular weight is 405 g/mol. The van der Waals surface area contributed by atoms with E-state index in [9.17, 15) is 0 Å². The van der Waals surface area contributed by atoms with Crippen LogP contribution in [-0.2, 0) is 12.8 Å². The lowest BCUT2D eigenvalue weighted by Crippen LogP contribution is -2.21. The molecule has 29 heavy (non-hydrogen) atoms. The quantitative estimate of drug-likeness (QED) is 0.370. The zero-order valence-corrected chi connectivity index (χ0v) is 17.7. The molecular formula is C24H24N2O2S. The Morgan fingerprint density at radius 1 is 0.897 bits per heavy atom. The molecule has 2 N–H and O–H groups in total. The second-order valence-electron chi connectivity index (χ2n) is 6.88. The summed E-state index contributed by atoms with van der Waals surface area (Å²) in [5, 5.41) is 9.28. The fraction of sp³-hybridized carbons (Fsp3) is 0.208. The van der Waals surface area contributed by atoms with Gasteiger partial charge < -0.3 is 19.8 Å². The molecule has 4 aromatic rings. The maximum atomic E-state index is 6.01. The smallest absolute Gasteiger partial charge is 0.175 e. The van der Waals surface area contributed by atoms with Crippen LogP contribution in [0.2, 0.25) is 0 Å². The molecule has 0 bridgehead atoms. The molecule has 0 saturated heterocycles. The number of hydrogen-bond donors (Lipinski definition) is 2. The number of thiocarbonyl (C=S) groups is 1. The van der Waals surface area contributed by atoms with Crippen molar-refractivity contribution < 1.29 is 9.15 Å². The van der Waals surface area contributed by atoms with E-state index in [0.717, 1.165) is 46.2 Å². The van der Waals surface area contributed by atoms with Crippen LogP contribution in [0.15, 0.2) is 59.0 Å². The van der Waals surface area contributed by atoms with Crippen molar-refractivity contribution in [1.29, 1.82) is 0 Å². The van der Waals surface area contributed by atoms with Gasteiger partial charge in [-0.1, -0.05) is 50.2 Å². The maximum absolute atomic E-state index is 6.01. The van der Waals surface area contributed by atoms with Crippen LogP contribution >= 0.6 is 12.2 Å². The summed E-state index contributed by atoms with van der Waals surface area (Å²) in [5.41, 5.74) is 5.98. The lowest BCUT2D eigenvalue weighted by Gasteiger charge is -2.18. The van der Waals surface area contributed by atoms with E-state index in [1.807, 2.05) is 36.4 Å². The van der Waals surface area contributed by atoms with Crippen LogP contribution in [0.3, 0.4) is 0 Å². The lowest BCUT2D eigenvalue weighted by atomic mass is 10.0. The Bertz CT molecular complexity index is 1170. The second kappa shape index (κ2) is 8.13. The van der Waals surface area contributed by atoms with Crippen LogP contribution < -0.4 is 15.4 Å².